The number of hydrazone groups is 1. The molecule has 0 bridgehead atoms. The van der Waals surface area contributed by atoms with Gasteiger partial charge in [0, 0.05) is 23.4 Å². The molecule has 0 saturated carbocycles. The largest absolute Gasteiger partial charge is 0.355 e. The first kappa shape index (κ1) is 15.9. The van der Waals surface area contributed by atoms with Crippen molar-refractivity contribution >= 4 is 23.1 Å². The number of carbonyl (C=O) groups is 2. The lowest BCUT2D eigenvalue weighted by molar-refractivity contribution is -0.125. The molecule has 2 aromatic rings. The van der Waals surface area contributed by atoms with E-state index in [0.29, 0.717) is 12.0 Å². The second-order valence-electron chi connectivity index (χ2n) is 5.90. The fourth-order valence-electron chi connectivity index (χ4n) is 2.88. The first-order valence-electron chi connectivity index (χ1n) is 7.81. The lowest BCUT2D eigenvalue weighted by Crippen LogP contribution is -2.57. The number of nitrogens with zero attached hydrogens (tertiary/aromatic N) is 2. The van der Waals surface area contributed by atoms with Gasteiger partial charge in [-0.05, 0) is 38.1 Å². The average molecular weight is 321 g/mol. The van der Waals surface area contributed by atoms with Crippen LogP contribution >= 0.6 is 0 Å². The molecule has 0 fully saturated rings. The standard InChI is InChI=1S/C19H19N3O2/c1-14-13-19(15(2)23,20-17-11-7-4-8-12-17)22(21-14)18(24)16-9-5-3-6-10-16/h3-12,20H,13H2,1-2H3. The molecule has 3 rings (SSSR count). The normalized spacial score (nSPS) is 19.8. The smallest absolute Gasteiger partial charge is 0.276 e. The summed E-state index contributed by atoms with van der Waals surface area (Å²) in [7, 11) is 0. The van der Waals surface area contributed by atoms with Crippen molar-refractivity contribution in [3.63, 3.8) is 0 Å². The zero-order chi connectivity index (χ0) is 17.2. The van der Waals surface area contributed by atoms with Gasteiger partial charge in [-0.3, -0.25) is 9.59 Å². The summed E-state index contributed by atoms with van der Waals surface area (Å²) in [5.41, 5.74) is 0.802. The average Bonchev–Trinajstić information content (AvgIpc) is 2.93. The third-order valence-corrected chi connectivity index (χ3v) is 4.06. The SMILES string of the molecule is CC(=O)C1(Nc2ccccc2)CC(C)=NN1C(=O)c1ccccc1. The molecular weight excluding hydrogens is 302 g/mol. The minimum absolute atomic E-state index is 0.156. The molecule has 1 aliphatic heterocycles. The number of carbonyl (C=O) groups excluding carboxylic acids is 2. The summed E-state index contributed by atoms with van der Waals surface area (Å²) in [6, 6.07) is 18.2. The molecule has 2 aromatic carbocycles. The van der Waals surface area contributed by atoms with Crippen LogP contribution in [0.1, 0.15) is 30.6 Å². The van der Waals surface area contributed by atoms with Gasteiger partial charge in [0.1, 0.15) is 0 Å². The Morgan fingerprint density at radius 3 is 2.21 bits per heavy atom. The molecule has 122 valence electrons. The maximum atomic E-state index is 12.9. The minimum Gasteiger partial charge on any atom is -0.355 e. The van der Waals surface area contributed by atoms with Crippen LogP contribution in [0.3, 0.4) is 0 Å². The Morgan fingerprint density at radius 2 is 1.62 bits per heavy atom. The van der Waals surface area contributed by atoms with E-state index in [-0.39, 0.29) is 11.7 Å². The van der Waals surface area contributed by atoms with Crippen LogP contribution in [0.25, 0.3) is 0 Å². The summed E-state index contributed by atoms with van der Waals surface area (Å²) in [5, 5.41) is 8.86. The Labute approximate surface area is 141 Å². The number of hydrogen-bond acceptors (Lipinski definition) is 4. The van der Waals surface area contributed by atoms with Gasteiger partial charge in [-0.15, -0.1) is 0 Å². The van der Waals surface area contributed by atoms with Crippen molar-refractivity contribution in [1.82, 2.24) is 5.01 Å². The predicted octanol–water partition coefficient (Wildman–Crippen LogP) is 3.31. The molecule has 1 unspecified atom stereocenters. The summed E-state index contributed by atoms with van der Waals surface area (Å²) < 4.78 is 0. The van der Waals surface area contributed by atoms with Crippen LogP contribution in [0.2, 0.25) is 0 Å². The van der Waals surface area contributed by atoms with Crippen LogP contribution in [0.5, 0.6) is 0 Å². The number of amides is 1. The summed E-state index contributed by atoms with van der Waals surface area (Å²) in [4.78, 5) is 25.5. The number of ketones is 1. The maximum absolute atomic E-state index is 12.9. The number of nitrogens with one attached hydrogen (secondary N) is 1. The molecule has 0 spiro atoms. The van der Waals surface area contributed by atoms with E-state index in [1.54, 1.807) is 24.3 Å². The Morgan fingerprint density at radius 1 is 1.04 bits per heavy atom. The Hall–Kier alpha value is -2.95. The van der Waals surface area contributed by atoms with Gasteiger partial charge in [0.25, 0.3) is 5.91 Å². The van der Waals surface area contributed by atoms with Crippen LogP contribution in [-0.4, -0.2) is 28.1 Å². The van der Waals surface area contributed by atoms with E-state index in [1.165, 1.54) is 11.9 Å². The lowest BCUT2D eigenvalue weighted by Gasteiger charge is -2.35. The van der Waals surface area contributed by atoms with E-state index in [9.17, 15) is 9.59 Å². The van der Waals surface area contributed by atoms with Gasteiger partial charge in [0.05, 0.1) is 0 Å². The van der Waals surface area contributed by atoms with Crippen molar-refractivity contribution in [2.45, 2.75) is 25.9 Å². The van der Waals surface area contributed by atoms with Crippen molar-refractivity contribution in [2.24, 2.45) is 5.10 Å². The predicted molar refractivity (Wildman–Crippen MR) is 93.8 cm³/mol. The summed E-state index contributed by atoms with van der Waals surface area (Å²) >= 11 is 0. The molecule has 1 amide bonds. The van der Waals surface area contributed by atoms with Gasteiger partial charge in [-0.25, -0.2) is 0 Å². The highest BCUT2D eigenvalue weighted by atomic mass is 16.2. The third-order valence-electron chi connectivity index (χ3n) is 4.06. The number of rotatable bonds is 4. The Balaban J connectivity index is 2.01. The topological polar surface area (TPSA) is 61.8 Å². The molecule has 0 radical (unpaired) electrons. The summed E-state index contributed by atoms with van der Waals surface area (Å²) in [6.07, 6.45) is 0.357. The van der Waals surface area contributed by atoms with Gasteiger partial charge < -0.3 is 5.32 Å². The zero-order valence-corrected chi connectivity index (χ0v) is 13.7. The van der Waals surface area contributed by atoms with Crippen molar-refractivity contribution in [2.75, 3.05) is 5.32 Å². The van der Waals surface area contributed by atoms with E-state index in [0.717, 1.165) is 11.4 Å². The number of para-hydroxylation sites is 1. The van der Waals surface area contributed by atoms with Crippen LogP contribution in [0.4, 0.5) is 5.69 Å². The van der Waals surface area contributed by atoms with Crippen molar-refractivity contribution < 1.29 is 9.59 Å². The second kappa shape index (κ2) is 6.28. The quantitative estimate of drug-likeness (QED) is 0.940. The molecular formula is C19H19N3O2. The molecule has 1 atom stereocenters. The van der Waals surface area contributed by atoms with Crippen molar-refractivity contribution in [3.05, 3.63) is 66.2 Å². The van der Waals surface area contributed by atoms with E-state index < -0.39 is 5.66 Å². The van der Waals surface area contributed by atoms with Crippen LogP contribution in [-0.2, 0) is 4.79 Å². The highest BCUT2D eigenvalue weighted by molar-refractivity contribution is 6.05. The Bertz CT molecular complexity index is 787. The molecule has 5 heteroatoms. The molecule has 5 nitrogen and oxygen atoms in total. The van der Waals surface area contributed by atoms with E-state index in [1.807, 2.05) is 43.3 Å². The van der Waals surface area contributed by atoms with Crippen LogP contribution < -0.4 is 5.32 Å². The summed E-state index contributed by atoms with van der Waals surface area (Å²) in [5.74, 6) is -0.456. The first-order valence-corrected chi connectivity index (χ1v) is 7.81. The molecule has 1 N–H and O–H groups in total. The van der Waals surface area contributed by atoms with E-state index in [4.69, 9.17) is 0 Å². The van der Waals surface area contributed by atoms with Gasteiger partial charge >= 0.3 is 0 Å². The van der Waals surface area contributed by atoms with E-state index in [2.05, 4.69) is 10.4 Å². The molecule has 0 aromatic heterocycles. The van der Waals surface area contributed by atoms with Gasteiger partial charge in [-0.1, -0.05) is 36.4 Å². The molecule has 0 aliphatic carbocycles. The zero-order valence-electron chi connectivity index (χ0n) is 13.7. The van der Waals surface area contributed by atoms with Crippen LogP contribution in [0.15, 0.2) is 65.8 Å². The minimum atomic E-state index is -1.20. The number of anilines is 1. The maximum Gasteiger partial charge on any atom is 0.276 e. The number of Topliss-reactive ketones (excluding diaryl/α,β-unsaturated/α-hetero) is 1. The van der Waals surface area contributed by atoms with Gasteiger partial charge in [-0.2, -0.15) is 10.1 Å². The molecule has 1 heterocycles. The monoisotopic (exact) mass is 321 g/mol. The fraction of sp³-hybridized carbons (Fsp3) is 0.211. The fourth-order valence-corrected chi connectivity index (χ4v) is 2.88. The third kappa shape index (κ3) is 2.80. The van der Waals surface area contributed by atoms with Crippen LogP contribution in [0, 0.1) is 0 Å². The van der Waals surface area contributed by atoms with Crippen molar-refractivity contribution in [3.8, 4) is 0 Å². The number of benzene rings is 2. The highest BCUT2D eigenvalue weighted by Crippen LogP contribution is 2.32. The molecule has 24 heavy (non-hydrogen) atoms. The highest BCUT2D eigenvalue weighted by Gasteiger charge is 2.49. The second-order valence-corrected chi connectivity index (χ2v) is 5.90. The van der Waals surface area contributed by atoms with Gasteiger partial charge in [0.2, 0.25) is 0 Å². The lowest BCUT2D eigenvalue weighted by atomic mass is 9.98. The molecule has 0 saturated heterocycles. The van der Waals surface area contributed by atoms with E-state index >= 15 is 0 Å². The summed E-state index contributed by atoms with van der Waals surface area (Å²) in [6.45, 7) is 3.30. The molecule has 1 aliphatic rings. The first-order chi connectivity index (χ1) is 11.5. The van der Waals surface area contributed by atoms with Crippen molar-refractivity contribution in [1.29, 1.82) is 0 Å². The Kier molecular flexibility index (Phi) is 4.16. The number of hydrogen-bond donors (Lipinski definition) is 1. The van der Waals surface area contributed by atoms with Gasteiger partial charge in [0.15, 0.2) is 11.4 Å².